The zero-order valence-corrected chi connectivity index (χ0v) is 13.8. The molecule has 2 rings (SSSR count). The van der Waals surface area contributed by atoms with Gasteiger partial charge in [-0.05, 0) is 30.7 Å². The van der Waals surface area contributed by atoms with Crippen LogP contribution in [0.4, 0.5) is 5.69 Å². The van der Waals surface area contributed by atoms with Crippen LogP contribution < -0.4 is 10.9 Å². The molecular formula is C16H19BrN2O2. The Balaban J connectivity index is 2.13. The smallest absolute Gasteiger partial charge is 0.250 e. The molecule has 0 aliphatic rings. The summed E-state index contributed by atoms with van der Waals surface area (Å²) in [6.07, 6.45) is 1.83. The highest BCUT2D eigenvalue weighted by Gasteiger charge is 2.06. The molecule has 0 saturated heterocycles. The van der Waals surface area contributed by atoms with E-state index >= 15 is 0 Å². The number of nitrogens with zero attached hydrogens (tertiary/aromatic N) is 1. The van der Waals surface area contributed by atoms with E-state index in [2.05, 4.69) is 40.3 Å². The lowest BCUT2D eigenvalue weighted by Crippen LogP contribution is -2.21. The Bertz CT molecular complexity index is 655. The number of ether oxygens (including phenoxy) is 1. The standard InChI is InChI=1S/C16H19BrN2O2/c1-12(13-4-3-5-14(17)10-13)18-15-6-7-16(20)19(11-15)8-9-21-2/h3-7,10-12,18H,8-9H2,1-2H3. The van der Waals surface area contributed by atoms with Crippen molar-refractivity contribution in [3.05, 3.63) is 63.0 Å². The molecule has 0 aliphatic carbocycles. The van der Waals surface area contributed by atoms with Crippen LogP contribution in [0.15, 0.2) is 51.9 Å². The third-order valence-electron chi connectivity index (χ3n) is 3.25. The number of aromatic nitrogens is 1. The van der Waals surface area contributed by atoms with Crippen LogP contribution in [0.3, 0.4) is 0 Å². The van der Waals surface area contributed by atoms with Gasteiger partial charge in [0.2, 0.25) is 0 Å². The quantitative estimate of drug-likeness (QED) is 0.867. The first kappa shape index (κ1) is 15.8. The van der Waals surface area contributed by atoms with Gasteiger partial charge in [-0.3, -0.25) is 4.79 Å². The maximum Gasteiger partial charge on any atom is 0.250 e. The average molecular weight is 351 g/mol. The van der Waals surface area contributed by atoms with E-state index in [1.807, 2.05) is 18.3 Å². The van der Waals surface area contributed by atoms with E-state index in [1.165, 1.54) is 5.56 Å². The second kappa shape index (κ2) is 7.43. The minimum Gasteiger partial charge on any atom is -0.383 e. The van der Waals surface area contributed by atoms with Gasteiger partial charge in [0.15, 0.2) is 0 Å². The number of hydrogen-bond donors (Lipinski definition) is 1. The SMILES string of the molecule is COCCn1cc(NC(C)c2cccc(Br)c2)ccc1=O. The topological polar surface area (TPSA) is 43.3 Å². The summed E-state index contributed by atoms with van der Waals surface area (Å²) >= 11 is 3.48. The predicted molar refractivity (Wildman–Crippen MR) is 88.8 cm³/mol. The molecule has 1 unspecified atom stereocenters. The second-order valence-corrected chi connectivity index (χ2v) is 5.78. The van der Waals surface area contributed by atoms with Crippen molar-refractivity contribution >= 4 is 21.6 Å². The Morgan fingerprint density at radius 3 is 2.86 bits per heavy atom. The second-order valence-electron chi connectivity index (χ2n) is 4.86. The number of pyridine rings is 1. The first-order valence-electron chi connectivity index (χ1n) is 6.81. The largest absolute Gasteiger partial charge is 0.383 e. The Kier molecular flexibility index (Phi) is 5.59. The van der Waals surface area contributed by atoms with Gasteiger partial charge in [-0.2, -0.15) is 0 Å². The van der Waals surface area contributed by atoms with Crippen molar-refractivity contribution in [2.75, 3.05) is 19.0 Å². The molecule has 4 nitrogen and oxygen atoms in total. The van der Waals surface area contributed by atoms with E-state index in [-0.39, 0.29) is 11.6 Å². The minimum absolute atomic E-state index is 0.0206. The Hall–Kier alpha value is -1.59. The third kappa shape index (κ3) is 4.44. The molecule has 0 radical (unpaired) electrons. The van der Waals surface area contributed by atoms with E-state index in [0.29, 0.717) is 13.2 Å². The number of rotatable bonds is 6. The van der Waals surface area contributed by atoms with Gasteiger partial charge in [0.25, 0.3) is 5.56 Å². The predicted octanol–water partition coefficient (Wildman–Crippen LogP) is 3.43. The Labute approximate surface area is 132 Å². The van der Waals surface area contributed by atoms with Crippen LogP contribution in [-0.4, -0.2) is 18.3 Å². The molecule has 21 heavy (non-hydrogen) atoms. The lowest BCUT2D eigenvalue weighted by atomic mass is 10.1. The molecule has 0 fully saturated rings. The van der Waals surface area contributed by atoms with Gasteiger partial charge in [-0.1, -0.05) is 28.1 Å². The average Bonchev–Trinajstić information content (AvgIpc) is 2.47. The van der Waals surface area contributed by atoms with Crippen molar-refractivity contribution in [3.8, 4) is 0 Å². The minimum atomic E-state index is -0.0206. The van der Waals surface area contributed by atoms with E-state index in [0.717, 1.165) is 10.2 Å². The van der Waals surface area contributed by atoms with E-state index in [4.69, 9.17) is 4.74 Å². The number of halogens is 1. The van der Waals surface area contributed by atoms with Gasteiger partial charge in [-0.15, -0.1) is 0 Å². The maximum absolute atomic E-state index is 11.8. The fourth-order valence-electron chi connectivity index (χ4n) is 2.09. The maximum atomic E-state index is 11.8. The van der Waals surface area contributed by atoms with E-state index in [9.17, 15) is 4.79 Å². The molecular weight excluding hydrogens is 332 g/mol. The fraction of sp³-hybridized carbons (Fsp3) is 0.312. The van der Waals surface area contributed by atoms with Crippen LogP contribution in [-0.2, 0) is 11.3 Å². The molecule has 0 saturated carbocycles. The van der Waals surface area contributed by atoms with Crippen molar-refractivity contribution in [1.29, 1.82) is 0 Å². The number of benzene rings is 1. The molecule has 1 heterocycles. The number of methoxy groups -OCH3 is 1. The number of nitrogens with one attached hydrogen (secondary N) is 1. The van der Waals surface area contributed by atoms with Crippen molar-refractivity contribution in [1.82, 2.24) is 4.57 Å². The van der Waals surface area contributed by atoms with Gasteiger partial charge >= 0.3 is 0 Å². The van der Waals surface area contributed by atoms with Crippen molar-refractivity contribution in [2.24, 2.45) is 0 Å². The molecule has 1 aromatic carbocycles. The molecule has 0 spiro atoms. The number of hydrogen-bond acceptors (Lipinski definition) is 3. The zero-order valence-electron chi connectivity index (χ0n) is 12.2. The monoisotopic (exact) mass is 350 g/mol. The molecule has 2 aromatic rings. The van der Waals surface area contributed by atoms with Gasteiger partial charge in [0.05, 0.1) is 12.3 Å². The molecule has 0 aliphatic heterocycles. The van der Waals surface area contributed by atoms with Gasteiger partial charge in [0, 0.05) is 36.4 Å². The van der Waals surface area contributed by atoms with Crippen LogP contribution in [0, 0.1) is 0 Å². The summed E-state index contributed by atoms with van der Waals surface area (Å²) in [6.45, 7) is 3.16. The van der Waals surface area contributed by atoms with Gasteiger partial charge in [0.1, 0.15) is 0 Å². The molecule has 0 amide bonds. The highest BCUT2D eigenvalue weighted by atomic mass is 79.9. The Morgan fingerprint density at radius 2 is 2.14 bits per heavy atom. The van der Waals surface area contributed by atoms with Crippen molar-refractivity contribution < 1.29 is 4.74 Å². The lowest BCUT2D eigenvalue weighted by molar-refractivity contribution is 0.186. The van der Waals surface area contributed by atoms with Crippen LogP contribution in [0.1, 0.15) is 18.5 Å². The normalized spacial score (nSPS) is 12.1. The lowest BCUT2D eigenvalue weighted by Gasteiger charge is -2.17. The van der Waals surface area contributed by atoms with Crippen molar-refractivity contribution in [2.45, 2.75) is 19.5 Å². The highest BCUT2D eigenvalue weighted by Crippen LogP contribution is 2.21. The zero-order chi connectivity index (χ0) is 15.2. The summed E-state index contributed by atoms with van der Waals surface area (Å²) < 4.78 is 7.73. The summed E-state index contributed by atoms with van der Waals surface area (Å²) in [5.41, 5.74) is 2.07. The first-order valence-corrected chi connectivity index (χ1v) is 7.61. The number of anilines is 1. The van der Waals surface area contributed by atoms with E-state index in [1.54, 1.807) is 23.8 Å². The third-order valence-corrected chi connectivity index (χ3v) is 3.74. The summed E-state index contributed by atoms with van der Waals surface area (Å²) in [5.74, 6) is 0. The van der Waals surface area contributed by atoms with Gasteiger partial charge < -0.3 is 14.6 Å². The molecule has 1 aromatic heterocycles. The van der Waals surface area contributed by atoms with Gasteiger partial charge in [-0.25, -0.2) is 0 Å². The highest BCUT2D eigenvalue weighted by molar-refractivity contribution is 9.10. The van der Waals surface area contributed by atoms with Crippen LogP contribution in [0.25, 0.3) is 0 Å². The summed E-state index contributed by atoms with van der Waals surface area (Å²) in [7, 11) is 1.63. The van der Waals surface area contributed by atoms with E-state index < -0.39 is 0 Å². The first-order chi connectivity index (χ1) is 10.1. The summed E-state index contributed by atoms with van der Waals surface area (Å²) in [6, 6.07) is 11.7. The Morgan fingerprint density at radius 1 is 1.33 bits per heavy atom. The molecule has 5 heteroatoms. The van der Waals surface area contributed by atoms with Crippen molar-refractivity contribution in [3.63, 3.8) is 0 Å². The summed E-state index contributed by atoms with van der Waals surface area (Å²) in [5, 5.41) is 3.41. The molecule has 1 N–H and O–H groups in total. The summed E-state index contributed by atoms with van der Waals surface area (Å²) in [4.78, 5) is 11.8. The van der Waals surface area contributed by atoms with Crippen LogP contribution in [0.2, 0.25) is 0 Å². The molecule has 112 valence electrons. The molecule has 0 bridgehead atoms. The fourth-order valence-corrected chi connectivity index (χ4v) is 2.51. The van der Waals surface area contributed by atoms with Crippen LogP contribution in [0.5, 0.6) is 0 Å². The molecule has 1 atom stereocenters. The van der Waals surface area contributed by atoms with Crippen LogP contribution >= 0.6 is 15.9 Å².